The molecule has 17 heavy (non-hydrogen) atoms. The molecule has 0 radical (unpaired) electrons. The van der Waals surface area contributed by atoms with Crippen molar-refractivity contribution >= 4 is 11.5 Å². The number of aliphatic hydroxyl groups excluding tert-OH is 1. The number of nitrogen functional groups attached to an aromatic ring is 1. The molecule has 6 heteroatoms. The lowest BCUT2D eigenvalue weighted by atomic mass is 10.3. The maximum absolute atomic E-state index is 9.14. The Labute approximate surface area is 118 Å². The number of aliphatic hydroxyl groups is 1. The van der Waals surface area contributed by atoms with E-state index in [4.69, 9.17) is 27.3 Å². The zero-order chi connectivity index (χ0) is 22.8. The van der Waals surface area contributed by atoms with Crippen molar-refractivity contribution < 1.29 is 21.6 Å². The Hall–Kier alpha value is -1.40. The Morgan fingerprint density at radius 1 is 1.59 bits per heavy atom. The molecule has 0 aliphatic carbocycles. The number of aromatic nitrogens is 2. The minimum atomic E-state index is -3.34. The molecule has 2 rings (SSSR count). The van der Waals surface area contributed by atoms with E-state index in [2.05, 4.69) is 9.97 Å². The van der Waals surface area contributed by atoms with Gasteiger partial charge in [-0.15, -0.1) is 0 Å². The molecule has 6 nitrogen and oxygen atoms in total. The minimum absolute atomic E-state index is 0.0190. The molecule has 0 amide bonds. The maximum atomic E-state index is 9.14. The van der Waals surface area contributed by atoms with Crippen molar-refractivity contribution in [2.24, 2.45) is 0 Å². The predicted octanol–water partition coefficient (Wildman–Crippen LogP) is -0.518. The number of hydrogen-bond acceptors (Lipinski definition) is 6. The van der Waals surface area contributed by atoms with Crippen molar-refractivity contribution in [2.75, 3.05) is 49.8 Å². The van der Waals surface area contributed by atoms with Crippen LogP contribution in [0.15, 0.2) is 6.17 Å². The highest BCUT2D eigenvalue weighted by atomic mass is 16.3. The standard InChI is InChI=1S/C11H19N5O/c1-9-13-8-10(11(12)14-9)16-4-2-15(3-5-16)6-7-17/h8,17H,2-7H2,1H3,(H2,12,13,14)/i1D3,2D2,3D2,4D2,5D2,8D. The van der Waals surface area contributed by atoms with Crippen LogP contribution in [-0.4, -0.2) is 59.1 Å². The van der Waals surface area contributed by atoms with Crippen molar-refractivity contribution in [1.82, 2.24) is 14.9 Å². The molecular weight excluding hydrogens is 218 g/mol. The molecule has 94 valence electrons. The third kappa shape index (κ3) is 2.83. The number of nitrogens with zero attached hydrogens (tertiary/aromatic N) is 4. The van der Waals surface area contributed by atoms with E-state index < -0.39 is 69.5 Å². The summed E-state index contributed by atoms with van der Waals surface area (Å²) in [4.78, 5) is 7.06. The molecule has 0 bridgehead atoms. The van der Waals surface area contributed by atoms with Gasteiger partial charge in [0.1, 0.15) is 5.82 Å². The zero-order valence-corrected chi connectivity index (χ0v) is 8.73. The molecule has 0 unspecified atom stereocenters. The van der Waals surface area contributed by atoms with Gasteiger partial charge in [0, 0.05) is 42.1 Å². The van der Waals surface area contributed by atoms with Gasteiger partial charge in [0.2, 0.25) is 0 Å². The summed E-state index contributed by atoms with van der Waals surface area (Å²) in [6, 6.07) is 0. The smallest absolute Gasteiger partial charge is 0.150 e. The number of aryl methyl sites for hydroxylation is 1. The Kier molecular flexibility index (Phi) is 1.26. The fourth-order valence-electron chi connectivity index (χ4n) is 1.12. The first-order valence-electron chi connectivity index (χ1n) is 10.7. The second-order valence-corrected chi connectivity index (χ2v) is 3.05. The molecule has 1 aromatic rings. The number of piperazine rings is 1. The van der Waals surface area contributed by atoms with Crippen LogP contribution in [0.25, 0.3) is 0 Å². The number of hydrogen-bond donors (Lipinski definition) is 2. The Balaban J connectivity index is 2.82. The lowest BCUT2D eigenvalue weighted by Crippen LogP contribution is -2.47. The van der Waals surface area contributed by atoms with Gasteiger partial charge in [-0.05, 0) is 6.85 Å². The first-order chi connectivity index (χ1) is 12.8. The predicted molar refractivity (Wildman–Crippen MR) is 66.9 cm³/mol. The molecule has 1 fully saturated rings. The van der Waals surface area contributed by atoms with Crippen molar-refractivity contribution in [3.8, 4) is 0 Å². The van der Waals surface area contributed by atoms with Crippen LogP contribution in [0.1, 0.15) is 22.3 Å². The molecular formula is C11H19N5O. The van der Waals surface area contributed by atoms with Gasteiger partial charge in [0.15, 0.2) is 5.82 Å². The molecule has 1 aromatic heterocycles. The summed E-state index contributed by atoms with van der Waals surface area (Å²) < 4.78 is 95.1. The van der Waals surface area contributed by atoms with Gasteiger partial charge in [0.05, 0.1) is 25.3 Å². The monoisotopic (exact) mass is 249 g/mol. The number of anilines is 2. The highest BCUT2D eigenvalue weighted by Crippen LogP contribution is 2.21. The molecule has 0 aromatic carbocycles. The van der Waals surface area contributed by atoms with E-state index in [-0.39, 0.29) is 9.80 Å². The Bertz CT molecular complexity index is 746. The summed E-state index contributed by atoms with van der Waals surface area (Å²) in [6.07, 6.45) is -1.02. The van der Waals surface area contributed by atoms with Crippen molar-refractivity contribution in [1.29, 1.82) is 0 Å². The summed E-state index contributed by atoms with van der Waals surface area (Å²) in [6.45, 7) is -17.5. The third-order valence-corrected chi connectivity index (χ3v) is 1.88. The van der Waals surface area contributed by atoms with Crippen LogP contribution in [0, 0.1) is 6.85 Å². The van der Waals surface area contributed by atoms with Crippen LogP contribution in [-0.2, 0) is 0 Å². The van der Waals surface area contributed by atoms with Crippen LogP contribution in [0.4, 0.5) is 11.5 Å². The summed E-state index contributed by atoms with van der Waals surface area (Å²) in [5.41, 5.74) is 4.77. The summed E-state index contributed by atoms with van der Waals surface area (Å²) >= 11 is 0. The molecule has 0 atom stereocenters. The maximum Gasteiger partial charge on any atom is 0.150 e. The van der Waals surface area contributed by atoms with Gasteiger partial charge in [-0.25, -0.2) is 9.97 Å². The minimum Gasteiger partial charge on any atom is -0.395 e. The van der Waals surface area contributed by atoms with E-state index in [1.807, 2.05) is 0 Å². The van der Waals surface area contributed by atoms with Crippen molar-refractivity contribution in [2.45, 2.75) is 6.85 Å². The Morgan fingerprint density at radius 2 is 2.35 bits per heavy atom. The van der Waals surface area contributed by atoms with E-state index in [0.717, 1.165) is 0 Å². The lowest BCUT2D eigenvalue weighted by molar-refractivity contribution is 0.189. The van der Waals surface area contributed by atoms with Crippen molar-refractivity contribution in [3.63, 3.8) is 0 Å². The summed E-state index contributed by atoms with van der Waals surface area (Å²) in [5.74, 6) is -1.68. The number of β-amino-alcohol motifs (C(OH)–C–C–N with tert-alkyl or cyclic N) is 1. The number of nitrogens with two attached hydrogens (primary N) is 1. The van der Waals surface area contributed by atoms with Crippen LogP contribution < -0.4 is 10.6 Å². The summed E-state index contributed by atoms with van der Waals surface area (Å²) in [7, 11) is 0. The first-order valence-corrected chi connectivity index (χ1v) is 4.68. The molecule has 2 heterocycles. The van der Waals surface area contributed by atoms with Crippen LogP contribution in [0.2, 0.25) is 0 Å². The van der Waals surface area contributed by atoms with E-state index in [9.17, 15) is 0 Å². The van der Waals surface area contributed by atoms with Gasteiger partial charge in [-0.2, -0.15) is 0 Å². The lowest BCUT2D eigenvalue weighted by Gasteiger charge is -2.35. The summed E-state index contributed by atoms with van der Waals surface area (Å²) in [5, 5.41) is 9.14. The highest BCUT2D eigenvalue weighted by Gasteiger charge is 2.18. The molecule has 1 aliphatic heterocycles. The quantitative estimate of drug-likeness (QED) is 0.750. The Morgan fingerprint density at radius 3 is 2.94 bits per heavy atom. The van der Waals surface area contributed by atoms with E-state index in [1.165, 1.54) is 0 Å². The molecule has 1 aliphatic rings. The molecule has 1 saturated heterocycles. The largest absolute Gasteiger partial charge is 0.395 e. The second-order valence-electron chi connectivity index (χ2n) is 3.05. The van der Waals surface area contributed by atoms with Crippen molar-refractivity contribution in [3.05, 3.63) is 12.0 Å². The third-order valence-electron chi connectivity index (χ3n) is 1.88. The van der Waals surface area contributed by atoms with Crippen LogP contribution >= 0.6 is 0 Å². The fraction of sp³-hybridized carbons (Fsp3) is 0.636. The van der Waals surface area contributed by atoms with Gasteiger partial charge in [0.25, 0.3) is 0 Å². The molecule has 3 N–H and O–H groups in total. The van der Waals surface area contributed by atoms with Gasteiger partial charge in [-0.1, -0.05) is 0 Å². The fourth-order valence-corrected chi connectivity index (χ4v) is 1.12. The zero-order valence-electron chi connectivity index (χ0n) is 20.7. The van der Waals surface area contributed by atoms with E-state index in [0.29, 0.717) is 0 Å². The van der Waals surface area contributed by atoms with Gasteiger partial charge >= 0.3 is 0 Å². The normalized spacial score (nSPS) is 40.4. The number of rotatable bonds is 3. The molecule has 0 saturated carbocycles. The van der Waals surface area contributed by atoms with Crippen LogP contribution in [0.3, 0.4) is 0 Å². The average Bonchev–Trinajstić information content (AvgIpc) is 2.52. The van der Waals surface area contributed by atoms with E-state index in [1.54, 1.807) is 0 Å². The van der Waals surface area contributed by atoms with Crippen LogP contribution in [0.5, 0.6) is 0 Å². The second kappa shape index (κ2) is 5.29. The highest BCUT2D eigenvalue weighted by molar-refractivity contribution is 5.62. The topological polar surface area (TPSA) is 78.5 Å². The SMILES string of the molecule is [2H]c1nc(C([2H])([2H])[2H])nc(N)c1N1C([2H])([2H])C([2H])([2H])N(CCO)C([2H])([2H])C1([2H])[2H]. The average molecular weight is 249 g/mol. The molecule has 0 spiro atoms. The first kappa shape index (κ1) is 4.07. The van der Waals surface area contributed by atoms with Gasteiger partial charge < -0.3 is 15.7 Å². The van der Waals surface area contributed by atoms with Gasteiger partial charge in [-0.3, -0.25) is 4.90 Å². The van der Waals surface area contributed by atoms with E-state index >= 15 is 0 Å².